The molecule has 4 heteroatoms. The summed E-state index contributed by atoms with van der Waals surface area (Å²) in [7, 11) is 0. The zero-order valence-electron chi connectivity index (χ0n) is 8.61. The molecule has 0 saturated carbocycles. The van der Waals surface area contributed by atoms with Crippen LogP contribution < -0.4 is 0 Å². The lowest BCUT2D eigenvalue weighted by atomic mass is 10.0. The summed E-state index contributed by atoms with van der Waals surface area (Å²) in [5, 5.41) is 8.86. The number of carbonyl (C=O) groups is 1. The Hall–Kier alpha value is -1.84. The number of aromatic nitrogens is 2. The molecular formula is C11H12N2O2. The number of pyridine rings is 1. The summed E-state index contributed by atoms with van der Waals surface area (Å²) in [4.78, 5) is 17.8. The third-order valence-corrected chi connectivity index (χ3v) is 2.41. The van der Waals surface area contributed by atoms with Crippen molar-refractivity contribution >= 4 is 17.0 Å². The van der Waals surface area contributed by atoms with E-state index in [0.717, 1.165) is 11.1 Å². The Morgan fingerprint density at radius 2 is 2.27 bits per heavy atom. The fraction of sp³-hybridized carbons (Fsp3) is 0.273. The Morgan fingerprint density at radius 1 is 1.53 bits per heavy atom. The van der Waals surface area contributed by atoms with E-state index in [0.29, 0.717) is 11.4 Å². The molecule has 0 aliphatic heterocycles. The molecule has 0 radical (unpaired) electrons. The molecule has 0 aliphatic carbocycles. The number of carboxylic acid groups (broad SMARTS) is 1. The molecule has 0 saturated heterocycles. The van der Waals surface area contributed by atoms with Gasteiger partial charge in [-0.25, -0.2) is 4.79 Å². The molecule has 2 rings (SSSR count). The van der Waals surface area contributed by atoms with Gasteiger partial charge in [0, 0.05) is 6.20 Å². The predicted molar refractivity (Wildman–Crippen MR) is 57.1 cm³/mol. The fourth-order valence-corrected chi connectivity index (χ4v) is 1.64. The first kappa shape index (κ1) is 9.71. The molecule has 15 heavy (non-hydrogen) atoms. The van der Waals surface area contributed by atoms with Gasteiger partial charge >= 0.3 is 5.97 Å². The Kier molecular flexibility index (Phi) is 2.19. The summed E-state index contributed by atoms with van der Waals surface area (Å²) in [6, 6.07) is 3.47. The van der Waals surface area contributed by atoms with Gasteiger partial charge in [0.1, 0.15) is 5.69 Å². The van der Waals surface area contributed by atoms with Crippen molar-refractivity contribution in [3.8, 4) is 0 Å². The first-order chi connectivity index (χ1) is 7.09. The Bertz CT molecular complexity index is 514. The summed E-state index contributed by atoms with van der Waals surface area (Å²) in [6.45, 7) is 4.13. The van der Waals surface area contributed by atoms with Gasteiger partial charge in [0.25, 0.3) is 0 Å². The lowest BCUT2D eigenvalue weighted by molar-refractivity contribution is 0.0691. The largest absolute Gasteiger partial charge is 0.477 e. The van der Waals surface area contributed by atoms with Crippen molar-refractivity contribution in [3.63, 3.8) is 0 Å². The minimum atomic E-state index is -0.956. The molecule has 0 amide bonds. The summed E-state index contributed by atoms with van der Waals surface area (Å²) in [5.74, 6) is -0.612. The van der Waals surface area contributed by atoms with Crippen molar-refractivity contribution in [2.45, 2.75) is 19.8 Å². The number of aromatic amines is 1. The molecule has 2 aromatic rings. The van der Waals surface area contributed by atoms with Gasteiger partial charge in [-0.3, -0.25) is 4.98 Å². The van der Waals surface area contributed by atoms with E-state index >= 15 is 0 Å². The second-order valence-corrected chi connectivity index (χ2v) is 3.80. The molecule has 0 atom stereocenters. The highest BCUT2D eigenvalue weighted by Crippen LogP contribution is 2.23. The first-order valence-corrected chi connectivity index (χ1v) is 4.80. The van der Waals surface area contributed by atoms with E-state index < -0.39 is 5.97 Å². The monoisotopic (exact) mass is 204 g/mol. The third kappa shape index (κ3) is 1.58. The Balaban J connectivity index is 2.69. The average molecular weight is 204 g/mol. The molecule has 2 heterocycles. The number of hydrogen-bond donors (Lipinski definition) is 2. The van der Waals surface area contributed by atoms with Gasteiger partial charge in [0.05, 0.1) is 11.0 Å². The highest BCUT2D eigenvalue weighted by atomic mass is 16.4. The van der Waals surface area contributed by atoms with Gasteiger partial charge in [0.15, 0.2) is 0 Å². The molecule has 78 valence electrons. The number of fused-ring (bicyclic) bond motifs is 1. The van der Waals surface area contributed by atoms with Gasteiger partial charge in [-0.2, -0.15) is 0 Å². The molecule has 0 fully saturated rings. The zero-order chi connectivity index (χ0) is 11.0. The number of nitrogens with zero attached hydrogens (tertiary/aromatic N) is 1. The van der Waals surface area contributed by atoms with Crippen LogP contribution in [0.1, 0.15) is 35.8 Å². The predicted octanol–water partition coefficient (Wildman–Crippen LogP) is 2.38. The van der Waals surface area contributed by atoms with Crippen LogP contribution >= 0.6 is 0 Å². The number of hydrogen-bond acceptors (Lipinski definition) is 2. The highest BCUT2D eigenvalue weighted by Gasteiger charge is 2.12. The second kappa shape index (κ2) is 3.38. The molecule has 4 nitrogen and oxygen atoms in total. The smallest absolute Gasteiger partial charge is 0.352 e. The molecule has 2 N–H and O–H groups in total. The molecule has 0 unspecified atom stereocenters. The minimum Gasteiger partial charge on any atom is -0.477 e. The maximum atomic E-state index is 10.8. The molecule has 0 spiro atoms. The van der Waals surface area contributed by atoms with Crippen molar-refractivity contribution in [2.75, 3.05) is 0 Å². The van der Waals surface area contributed by atoms with Crippen molar-refractivity contribution in [1.29, 1.82) is 0 Å². The van der Waals surface area contributed by atoms with E-state index in [9.17, 15) is 4.79 Å². The lowest BCUT2D eigenvalue weighted by Crippen LogP contribution is -1.95. The maximum Gasteiger partial charge on any atom is 0.352 e. The quantitative estimate of drug-likeness (QED) is 0.789. The van der Waals surface area contributed by atoms with E-state index in [1.807, 2.05) is 6.07 Å². The van der Waals surface area contributed by atoms with Crippen LogP contribution in [0.4, 0.5) is 0 Å². The summed E-state index contributed by atoms with van der Waals surface area (Å²) in [5.41, 5.74) is 2.81. The van der Waals surface area contributed by atoms with Crippen molar-refractivity contribution in [2.24, 2.45) is 0 Å². The van der Waals surface area contributed by atoms with Crippen LogP contribution in [-0.2, 0) is 0 Å². The summed E-state index contributed by atoms with van der Waals surface area (Å²) < 4.78 is 0. The van der Waals surface area contributed by atoms with Gasteiger partial charge in [-0.05, 0) is 23.6 Å². The topological polar surface area (TPSA) is 66.0 Å². The number of carboxylic acids is 1. The van der Waals surface area contributed by atoms with Crippen molar-refractivity contribution < 1.29 is 9.90 Å². The SMILES string of the molecule is CC(C)c1ccnc2cc(C(=O)O)[nH]c12. The standard InChI is InChI=1S/C11H12N2O2/c1-6(2)7-3-4-12-8-5-9(11(14)15)13-10(7)8/h3-6,13H,1-2H3,(H,14,15). The van der Waals surface area contributed by atoms with Crippen LogP contribution in [0.2, 0.25) is 0 Å². The molecule has 0 bridgehead atoms. The fourth-order valence-electron chi connectivity index (χ4n) is 1.64. The van der Waals surface area contributed by atoms with Gasteiger partial charge in [-0.15, -0.1) is 0 Å². The van der Waals surface area contributed by atoms with Crippen molar-refractivity contribution in [3.05, 3.63) is 29.6 Å². The van der Waals surface area contributed by atoms with E-state index in [-0.39, 0.29) is 5.69 Å². The van der Waals surface area contributed by atoms with E-state index in [1.54, 1.807) is 12.3 Å². The Morgan fingerprint density at radius 3 is 2.87 bits per heavy atom. The summed E-state index contributed by atoms with van der Waals surface area (Å²) >= 11 is 0. The van der Waals surface area contributed by atoms with E-state index in [2.05, 4.69) is 23.8 Å². The Labute approximate surface area is 87.0 Å². The normalized spacial score (nSPS) is 11.1. The molecule has 0 aromatic carbocycles. The number of nitrogens with one attached hydrogen (secondary N) is 1. The van der Waals surface area contributed by atoms with Crippen LogP contribution in [0, 0.1) is 0 Å². The molecular weight excluding hydrogens is 192 g/mol. The summed E-state index contributed by atoms with van der Waals surface area (Å²) in [6.07, 6.45) is 1.71. The van der Waals surface area contributed by atoms with Crippen molar-refractivity contribution in [1.82, 2.24) is 9.97 Å². The second-order valence-electron chi connectivity index (χ2n) is 3.80. The van der Waals surface area contributed by atoms with Crippen LogP contribution in [0.25, 0.3) is 11.0 Å². The highest BCUT2D eigenvalue weighted by molar-refractivity contribution is 5.93. The van der Waals surface area contributed by atoms with Crippen LogP contribution in [0.5, 0.6) is 0 Å². The van der Waals surface area contributed by atoms with Crippen LogP contribution in [0.3, 0.4) is 0 Å². The average Bonchev–Trinajstić information content (AvgIpc) is 2.60. The zero-order valence-corrected chi connectivity index (χ0v) is 8.61. The number of aromatic carboxylic acids is 1. The van der Waals surface area contributed by atoms with Crippen LogP contribution in [0.15, 0.2) is 18.3 Å². The van der Waals surface area contributed by atoms with Gasteiger partial charge in [0.2, 0.25) is 0 Å². The van der Waals surface area contributed by atoms with E-state index in [4.69, 9.17) is 5.11 Å². The molecule has 2 aromatic heterocycles. The van der Waals surface area contributed by atoms with Gasteiger partial charge < -0.3 is 10.1 Å². The number of rotatable bonds is 2. The number of H-pyrrole nitrogens is 1. The van der Waals surface area contributed by atoms with E-state index in [1.165, 1.54) is 0 Å². The molecule has 0 aliphatic rings. The minimum absolute atomic E-state index is 0.186. The third-order valence-electron chi connectivity index (χ3n) is 2.41. The van der Waals surface area contributed by atoms with Crippen LogP contribution in [-0.4, -0.2) is 21.0 Å². The lowest BCUT2D eigenvalue weighted by Gasteiger charge is -2.05. The maximum absolute atomic E-state index is 10.8. The first-order valence-electron chi connectivity index (χ1n) is 4.80. The van der Waals surface area contributed by atoms with Gasteiger partial charge in [-0.1, -0.05) is 13.8 Å².